The summed E-state index contributed by atoms with van der Waals surface area (Å²) in [5.74, 6) is 1.40. The van der Waals surface area contributed by atoms with Crippen LogP contribution in [-0.4, -0.2) is 24.4 Å². The molecule has 0 radical (unpaired) electrons. The maximum Gasteiger partial charge on any atom is -0.147 e. The smallest absolute Gasteiger partial charge is 0.147 e. The molecule has 0 saturated carbocycles. The van der Waals surface area contributed by atoms with Crippen molar-refractivity contribution < 1.29 is 34.8 Å². The summed E-state index contributed by atoms with van der Waals surface area (Å²) in [6.07, 6.45) is 0. The van der Waals surface area contributed by atoms with Gasteiger partial charge in [-0.25, -0.2) is 0 Å². The fourth-order valence-corrected chi connectivity index (χ4v) is 30.1. The van der Waals surface area contributed by atoms with Gasteiger partial charge < -0.3 is 0 Å². The van der Waals surface area contributed by atoms with E-state index >= 15 is 0 Å². The Hall–Kier alpha value is 1.90. The molecule has 0 aliphatic heterocycles. The Kier molecular flexibility index (Phi) is 23.7. The predicted octanol–water partition coefficient (Wildman–Crippen LogP) is 9.99. The molecule has 2 aliphatic carbocycles. The van der Waals surface area contributed by atoms with Crippen LogP contribution in [0.2, 0.25) is 26.2 Å². The van der Waals surface area contributed by atoms with E-state index in [0.29, 0.717) is 11.8 Å². The topological polar surface area (TPSA) is 24.1 Å². The van der Waals surface area contributed by atoms with E-state index in [2.05, 4.69) is 131 Å². The SMILES string of the molecule is CC1=C(C)C(C)[C]([Ti]([NH]C(C)(C)C)[SiH](C)C)=C1C.CC1=C(C)C(C)[C]([Ti]([NH]C(C)(C)C)[SiH](C)C)=C1C.Cl.Cl.Cl.Cl. The Balaban J connectivity index is -0.000000295. The molecule has 0 aromatic carbocycles. The van der Waals surface area contributed by atoms with Gasteiger partial charge in [0.25, 0.3) is 0 Å². The molecule has 2 rings (SSSR count). The molecule has 2 unspecified atom stereocenters. The molecule has 40 heavy (non-hydrogen) atoms. The van der Waals surface area contributed by atoms with E-state index in [0.717, 1.165) is 0 Å². The van der Waals surface area contributed by atoms with Gasteiger partial charge in [0.15, 0.2) is 0 Å². The number of hydrogen-bond donors (Lipinski definition) is 2. The second-order valence-corrected chi connectivity index (χ2v) is 39.3. The van der Waals surface area contributed by atoms with Gasteiger partial charge in [-0.15, -0.1) is 49.6 Å². The fraction of sp³-hybridized carbons (Fsp3) is 0.733. The van der Waals surface area contributed by atoms with Crippen molar-refractivity contribution in [1.29, 1.82) is 0 Å². The molecule has 2 aliphatic rings. The summed E-state index contributed by atoms with van der Waals surface area (Å²) in [7, 11) is 0. The first-order chi connectivity index (χ1) is 16.1. The van der Waals surface area contributed by atoms with Gasteiger partial charge in [-0.1, -0.05) is 0 Å². The summed E-state index contributed by atoms with van der Waals surface area (Å²) in [6, 6.07) is 0. The number of halogens is 4. The van der Waals surface area contributed by atoms with Crippen LogP contribution in [0, 0.1) is 11.8 Å². The van der Waals surface area contributed by atoms with Crippen molar-refractivity contribution >= 4 is 63.0 Å². The van der Waals surface area contributed by atoms with Gasteiger partial charge >= 0.3 is 243 Å². The summed E-state index contributed by atoms with van der Waals surface area (Å²) in [6.45, 7) is 41.6. The Morgan fingerprint density at radius 3 is 0.850 bits per heavy atom. The molecule has 0 heterocycles. The van der Waals surface area contributed by atoms with Crippen molar-refractivity contribution in [3.8, 4) is 0 Å². The zero-order valence-electron chi connectivity index (χ0n) is 28.9. The molecule has 0 aromatic heterocycles. The molecule has 0 aromatic rings. The van der Waals surface area contributed by atoms with Crippen molar-refractivity contribution in [2.45, 2.75) is 134 Å². The molecule has 0 amide bonds. The minimum absolute atomic E-state index is 0. The van der Waals surface area contributed by atoms with Crippen LogP contribution in [0.3, 0.4) is 0 Å². The quantitative estimate of drug-likeness (QED) is 0.265. The number of nitrogens with one attached hydrogen (secondary N) is 2. The van der Waals surface area contributed by atoms with Gasteiger partial charge in [0.1, 0.15) is 0 Å². The van der Waals surface area contributed by atoms with Crippen LogP contribution in [0.5, 0.6) is 0 Å². The summed E-state index contributed by atoms with van der Waals surface area (Å²) < 4.78 is 11.8. The van der Waals surface area contributed by atoms with E-state index in [1.54, 1.807) is 33.4 Å². The van der Waals surface area contributed by atoms with E-state index in [4.69, 9.17) is 0 Å². The third-order valence-electron chi connectivity index (χ3n) is 8.04. The number of allylic oxidation sites excluding steroid dienone is 8. The Morgan fingerprint density at radius 2 is 0.725 bits per heavy atom. The molecule has 0 fully saturated rings. The summed E-state index contributed by atoms with van der Waals surface area (Å²) in [5, 5.41) is 0. The van der Waals surface area contributed by atoms with Crippen LogP contribution >= 0.6 is 49.6 Å². The van der Waals surface area contributed by atoms with E-state index in [-0.39, 0.29) is 60.7 Å². The van der Waals surface area contributed by atoms with E-state index in [1.165, 1.54) is 0 Å². The molecule has 2 nitrogen and oxygen atoms in total. The van der Waals surface area contributed by atoms with Gasteiger partial charge in [-0.2, -0.15) is 0 Å². The van der Waals surface area contributed by atoms with Crippen LogP contribution < -0.4 is 7.60 Å². The van der Waals surface area contributed by atoms with E-state index in [9.17, 15) is 0 Å². The molecule has 0 spiro atoms. The van der Waals surface area contributed by atoms with E-state index in [1.807, 2.05) is 7.76 Å². The maximum absolute atomic E-state index is 4.04. The third-order valence-corrected chi connectivity index (χ3v) is 32.4. The normalized spacial score (nSPS) is 19.2. The summed E-state index contributed by atoms with van der Waals surface area (Å²) in [4.78, 5) is 0. The van der Waals surface area contributed by atoms with Crippen LogP contribution in [0.1, 0.15) is 96.9 Å². The van der Waals surface area contributed by atoms with Crippen LogP contribution in [0.4, 0.5) is 0 Å². The minimum atomic E-state index is -1.26. The van der Waals surface area contributed by atoms with Crippen LogP contribution in [0.25, 0.3) is 0 Å². The molecule has 0 saturated heterocycles. The van der Waals surface area contributed by atoms with Gasteiger partial charge in [0, 0.05) is 0 Å². The first-order valence-corrected chi connectivity index (χ1v) is 28.5. The summed E-state index contributed by atoms with van der Waals surface area (Å²) >= 11 is -2.53. The first-order valence-electron chi connectivity index (χ1n) is 14.2. The Labute approximate surface area is 289 Å². The van der Waals surface area contributed by atoms with Crippen molar-refractivity contribution in [1.82, 2.24) is 7.60 Å². The number of hydrogen-bond acceptors (Lipinski definition) is 2. The zero-order chi connectivity index (χ0) is 28.5. The Bertz CT molecular complexity index is 870. The van der Waals surface area contributed by atoms with Crippen LogP contribution in [-0.2, 0) is 34.8 Å². The largest absolute Gasteiger partial charge is 0.147 e. The third kappa shape index (κ3) is 13.1. The van der Waals surface area contributed by atoms with Gasteiger partial charge in [0.05, 0.1) is 0 Å². The molecule has 238 valence electrons. The van der Waals surface area contributed by atoms with Gasteiger partial charge in [-0.3, -0.25) is 0 Å². The average molecular weight is 747 g/mol. The number of rotatable bonds is 6. The Morgan fingerprint density at radius 1 is 0.500 bits per heavy atom. The molecule has 2 atom stereocenters. The monoisotopic (exact) mass is 744 g/mol. The average Bonchev–Trinajstić information content (AvgIpc) is 3.02. The standard InChI is InChI=1S/2C9H13.2C4H10N.2C2H7Si.4ClH.2Ti/c2*1-6-5-7(2)9(4)8(6)3;2*1-4(2,3)5;2*1-3-2;;;;;;/h2*6H,1-4H3;2*5H,1-3H3;2*3H,1-2H3;4*1H;;/q;;2*-1;;;;;;;2*+1. The molecular weight excluding hydrogens is 682 g/mol. The zero-order valence-corrected chi connectivity index (χ0v) is 37.6. The molecular formula is C30H64Cl4N2Si2Ti2. The first kappa shape index (κ1) is 48.8. The second-order valence-electron chi connectivity index (χ2n) is 14.0. The minimum Gasteiger partial charge on any atom is -0.147 e. The van der Waals surface area contributed by atoms with Crippen molar-refractivity contribution in [2.75, 3.05) is 0 Å². The van der Waals surface area contributed by atoms with Crippen molar-refractivity contribution in [3.05, 3.63) is 41.2 Å². The van der Waals surface area contributed by atoms with Crippen LogP contribution in [0.15, 0.2) is 41.2 Å². The summed E-state index contributed by atoms with van der Waals surface area (Å²) in [5.41, 5.74) is 10.1. The molecule has 2 N–H and O–H groups in total. The van der Waals surface area contributed by atoms with Crippen molar-refractivity contribution in [2.24, 2.45) is 11.8 Å². The predicted molar refractivity (Wildman–Crippen MR) is 193 cm³/mol. The maximum atomic E-state index is 4.04. The fourth-order valence-electron chi connectivity index (χ4n) is 5.45. The second kappa shape index (κ2) is 19.4. The van der Waals surface area contributed by atoms with Gasteiger partial charge in [-0.05, 0) is 0 Å². The van der Waals surface area contributed by atoms with Gasteiger partial charge in [0.2, 0.25) is 0 Å². The van der Waals surface area contributed by atoms with E-state index < -0.39 is 48.1 Å². The van der Waals surface area contributed by atoms with Crippen molar-refractivity contribution in [3.63, 3.8) is 0 Å². The molecule has 0 bridgehead atoms. The molecule has 10 heteroatoms.